The van der Waals surface area contributed by atoms with Crippen molar-refractivity contribution in [2.45, 2.75) is 57.6 Å². The van der Waals surface area contributed by atoms with Gasteiger partial charge in [0.25, 0.3) is 0 Å². The highest BCUT2D eigenvalue weighted by atomic mass is 16.3. The molecule has 0 bridgehead atoms. The molecule has 20 heavy (non-hydrogen) atoms. The van der Waals surface area contributed by atoms with Crippen molar-refractivity contribution in [3.63, 3.8) is 0 Å². The summed E-state index contributed by atoms with van der Waals surface area (Å²) >= 11 is 0. The topological polar surface area (TPSA) is 23.5 Å². The van der Waals surface area contributed by atoms with Crippen LogP contribution < -0.4 is 0 Å². The van der Waals surface area contributed by atoms with Crippen molar-refractivity contribution in [2.75, 3.05) is 13.1 Å². The molecule has 1 aromatic carbocycles. The van der Waals surface area contributed by atoms with Crippen LogP contribution in [0.3, 0.4) is 0 Å². The van der Waals surface area contributed by atoms with Crippen LogP contribution in [0.1, 0.15) is 62.7 Å². The van der Waals surface area contributed by atoms with Gasteiger partial charge in [-0.15, -0.1) is 0 Å². The normalized spacial score (nSPS) is 32.0. The summed E-state index contributed by atoms with van der Waals surface area (Å²) in [6.45, 7) is 6.93. The number of hydrogen-bond donors (Lipinski definition) is 1. The summed E-state index contributed by atoms with van der Waals surface area (Å²) in [4.78, 5) is 2.54. The van der Waals surface area contributed by atoms with E-state index in [9.17, 15) is 5.11 Å². The number of fused-ring (bicyclic) bond motifs is 1. The fourth-order valence-electron chi connectivity index (χ4n) is 4.10. The van der Waals surface area contributed by atoms with E-state index in [4.69, 9.17) is 0 Å². The Hall–Kier alpha value is -0.860. The molecule has 1 aliphatic heterocycles. The molecule has 1 aliphatic carbocycles. The van der Waals surface area contributed by atoms with Gasteiger partial charge in [0.1, 0.15) is 0 Å². The Balaban J connectivity index is 1.76. The molecule has 0 radical (unpaired) electrons. The Morgan fingerprint density at radius 2 is 1.80 bits per heavy atom. The molecule has 1 saturated heterocycles. The van der Waals surface area contributed by atoms with E-state index in [0.717, 1.165) is 31.0 Å². The Labute approximate surface area is 122 Å². The lowest BCUT2D eigenvalue weighted by molar-refractivity contribution is 0.0130. The number of likely N-dealkylation sites (tertiary alicyclic amines) is 1. The van der Waals surface area contributed by atoms with Gasteiger partial charge >= 0.3 is 0 Å². The molecule has 0 aromatic heterocycles. The van der Waals surface area contributed by atoms with Crippen LogP contribution in [0.25, 0.3) is 0 Å². The van der Waals surface area contributed by atoms with Gasteiger partial charge in [0.2, 0.25) is 0 Å². The highest BCUT2D eigenvalue weighted by Gasteiger charge is 2.36. The van der Waals surface area contributed by atoms with Gasteiger partial charge in [-0.25, -0.2) is 0 Å². The minimum Gasteiger partial charge on any atom is -0.387 e. The Bertz CT molecular complexity index is 450. The Kier molecular flexibility index (Phi) is 4.13. The Morgan fingerprint density at radius 1 is 1.15 bits per heavy atom. The lowest BCUT2D eigenvalue weighted by Gasteiger charge is -2.43. The Morgan fingerprint density at radius 3 is 2.45 bits per heavy atom. The highest BCUT2D eigenvalue weighted by Crippen LogP contribution is 2.40. The second kappa shape index (κ2) is 5.87. The summed E-state index contributed by atoms with van der Waals surface area (Å²) in [6, 6.07) is 8.76. The van der Waals surface area contributed by atoms with Crippen molar-refractivity contribution in [3.8, 4) is 0 Å². The van der Waals surface area contributed by atoms with E-state index in [1.54, 1.807) is 0 Å². The molecule has 2 heteroatoms. The predicted octanol–water partition coefficient (Wildman–Crippen LogP) is 3.72. The number of hydrogen-bond acceptors (Lipinski definition) is 2. The first kappa shape index (κ1) is 14.1. The molecule has 0 saturated carbocycles. The summed E-state index contributed by atoms with van der Waals surface area (Å²) in [5.41, 5.74) is 2.51. The van der Waals surface area contributed by atoms with Gasteiger partial charge in [-0.2, -0.15) is 0 Å². The van der Waals surface area contributed by atoms with Crippen LogP contribution in [0.4, 0.5) is 0 Å². The third kappa shape index (κ3) is 2.51. The average Bonchev–Trinajstić information content (AvgIpc) is 2.51. The van der Waals surface area contributed by atoms with Gasteiger partial charge in [-0.1, -0.05) is 44.5 Å². The lowest BCUT2D eigenvalue weighted by Crippen LogP contribution is -2.46. The third-order valence-corrected chi connectivity index (χ3v) is 5.50. The first-order chi connectivity index (χ1) is 9.70. The van der Waals surface area contributed by atoms with Gasteiger partial charge < -0.3 is 5.11 Å². The maximum Gasteiger partial charge on any atom is 0.0948 e. The smallest absolute Gasteiger partial charge is 0.0948 e. The molecule has 110 valence electrons. The number of rotatable bonds is 2. The molecule has 1 N–H and O–H groups in total. The fourth-order valence-corrected chi connectivity index (χ4v) is 4.10. The van der Waals surface area contributed by atoms with E-state index in [-0.39, 0.29) is 6.10 Å². The molecule has 1 aromatic rings. The predicted molar refractivity (Wildman–Crippen MR) is 82.8 cm³/mol. The zero-order valence-corrected chi connectivity index (χ0v) is 12.8. The molecule has 3 atom stereocenters. The quantitative estimate of drug-likeness (QED) is 0.887. The van der Waals surface area contributed by atoms with Gasteiger partial charge in [0, 0.05) is 6.04 Å². The number of aliphatic hydroxyl groups excluding tert-OH is 1. The number of nitrogens with zero attached hydrogens (tertiary/aromatic N) is 1. The minimum absolute atomic E-state index is 0.305. The van der Waals surface area contributed by atoms with Gasteiger partial charge in [-0.3, -0.25) is 4.90 Å². The summed E-state index contributed by atoms with van der Waals surface area (Å²) < 4.78 is 0. The van der Waals surface area contributed by atoms with E-state index in [1.807, 2.05) is 0 Å². The van der Waals surface area contributed by atoms with Crippen LogP contribution >= 0.6 is 0 Å². The maximum absolute atomic E-state index is 10.8. The molecule has 2 nitrogen and oxygen atoms in total. The van der Waals surface area contributed by atoms with E-state index < -0.39 is 0 Å². The molecule has 1 heterocycles. The molecule has 3 rings (SSSR count). The average molecular weight is 273 g/mol. The van der Waals surface area contributed by atoms with E-state index in [0.29, 0.717) is 12.0 Å². The number of aliphatic hydroxyl groups is 1. The van der Waals surface area contributed by atoms with Crippen LogP contribution in [0.15, 0.2) is 24.3 Å². The third-order valence-electron chi connectivity index (χ3n) is 5.50. The van der Waals surface area contributed by atoms with Gasteiger partial charge in [0.15, 0.2) is 0 Å². The highest BCUT2D eigenvalue weighted by molar-refractivity contribution is 5.35. The fraction of sp³-hybridized carbons (Fsp3) is 0.667. The van der Waals surface area contributed by atoms with Crippen molar-refractivity contribution < 1.29 is 5.11 Å². The molecule has 1 fully saturated rings. The van der Waals surface area contributed by atoms with E-state index in [1.165, 1.54) is 24.8 Å². The van der Waals surface area contributed by atoms with E-state index in [2.05, 4.69) is 43.0 Å². The molecule has 2 aliphatic rings. The van der Waals surface area contributed by atoms with Crippen LogP contribution in [0.5, 0.6) is 0 Å². The van der Waals surface area contributed by atoms with Crippen molar-refractivity contribution >= 4 is 0 Å². The van der Waals surface area contributed by atoms with Crippen molar-refractivity contribution in [3.05, 3.63) is 35.4 Å². The van der Waals surface area contributed by atoms with Crippen LogP contribution in [-0.2, 0) is 0 Å². The SMILES string of the molecule is CCC1CCN(C2CC(C)c3ccccc3C2O)CC1. The van der Waals surface area contributed by atoms with Gasteiger partial charge in [-0.05, 0) is 55.3 Å². The second-order valence-electron chi connectivity index (χ2n) is 6.67. The van der Waals surface area contributed by atoms with Crippen LogP contribution in [-0.4, -0.2) is 29.1 Å². The standard InChI is InChI=1S/C18H27NO/c1-3-14-8-10-19(11-9-14)17-12-13(2)15-6-4-5-7-16(15)18(17)20/h4-7,13-14,17-18,20H,3,8-12H2,1-2H3. The van der Waals surface area contributed by atoms with Crippen molar-refractivity contribution in [1.29, 1.82) is 0 Å². The summed E-state index contributed by atoms with van der Waals surface area (Å²) in [6.07, 6.45) is 4.70. The van der Waals surface area contributed by atoms with Crippen molar-refractivity contribution in [1.82, 2.24) is 4.90 Å². The molecule has 3 unspecified atom stereocenters. The zero-order chi connectivity index (χ0) is 14.1. The number of piperidine rings is 1. The molecular weight excluding hydrogens is 246 g/mol. The first-order valence-electron chi connectivity index (χ1n) is 8.21. The van der Waals surface area contributed by atoms with Crippen molar-refractivity contribution in [2.24, 2.45) is 5.92 Å². The second-order valence-corrected chi connectivity index (χ2v) is 6.67. The minimum atomic E-state index is -0.305. The summed E-state index contributed by atoms with van der Waals surface area (Å²) in [5, 5.41) is 10.8. The molecular formula is C18H27NO. The lowest BCUT2D eigenvalue weighted by atomic mass is 9.78. The summed E-state index contributed by atoms with van der Waals surface area (Å²) in [5.74, 6) is 1.46. The summed E-state index contributed by atoms with van der Waals surface area (Å²) in [7, 11) is 0. The van der Waals surface area contributed by atoms with Gasteiger partial charge in [0.05, 0.1) is 6.10 Å². The first-order valence-corrected chi connectivity index (χ1v) is 8.21. The maximum atomic E-state index is 10.8. The monoisotopic (exact) mass is 273 g/mol. The molecule has 0 amide bonds. The molecule has 0 spiro atoms. The zero-order valence-electron chi connectivity index (χ0n) is 12.8. The van der Waals surface area contributed by atoms with Crippen LogP contribution in [0.2, 0.25) is 0 Å². The van der Waals surface area contributed by atoms with Crippen LogP contribution in [0, 0.1) is 5.92 Å². The largest absolute Gasteiger partial charge is 0.387 e. The van der Waals surface area contributed by atoms with E-state index >= 15 is 0 Å². The number of benzene rings is 1.